The summed E-state index contributed by atoms with van der Waals surface area (Å²) < 4.78 is 27.3. The maximum Gasteiger partial charge on any atom is 0.471 e. The van der Waals surface area contributed by atoms with Crippen LogP contribution in [-0.2, 0) is 20.6 Å². The molecule has 0 aliphatic rings. The van der Waals surface area contributed by atoms with E-state index in [1.165, 1.54) is 29.3 Å². The number of aromatic nitrogens is 3. The molecule has 13 nitrogen and oxygen atoms in total. The molecule has 0 aliphatic heterocycles. The topological polar surface area (TPSA) is 185 Å². The normalized spacial score (nSPS) is 11.9. The molecule has 0 unspecified atom stereocenters. The first-order valence-corrected chi connectivity index (χ1v) is 12.0. The van der Waals surface area contributed by atoms with Crippen molar-refractivity contribution in [1.82, 2.24) is 25.4 Å². The van der Waals surface area contributed by atoms with Gasteiger partial charge in [0.05, 0.1) is 29.8 Å². The van der Waals surface area contributed by atoms with Crippen LogP contribution >= 0.6 is 7.82 Å². The highest BCUT2D eigenvalue weighted by Crippen LogP contribution is 2.36. The van der Waals surface area contributed by atoms with Gasteiger partial charge in [-0.1, -0.05) is 6.07 Å². The summed E-state index contributed by atoms with van der Waals surface area (Å²) >= 11 is 0. The number of rotatable bonds is 13. The molecule has 3 aromatic heterocycles. The summed E-state index contributed by atoms with van der Waals surface area (Å²) in [5.41, 5.74) is 1.02. The third-order valence-corrected chi connectivity index (χ3v) is 4.84. The van der Waals surface area contributed by atoms with E-state index in [-0.39, 0.29) is 17.2 Å². The van der Waals surface area contributed by atoms with Crippen LogP contribution in [0.15, 0.2) is 65.2 Å². The minimum atomic E-state index is -4.64. The molecule has 0 atom stereocenters. The number of carbonyl (C=O) groups excluding carboxylic acids is 1. The summed E-state index contributed by atoms with van der Waals surface area (Å²) in [7, 11) is -4.64. The highest BCUT2D eigenvalue weighted by molar-refractivity contribution is 7.46. The Bertz CT molecular complexity index is 1220. The van der Waals surface area contributed by atoms with E-state index in [0.29, 0.717) is 36.8 Å². The second-order valence-corrected chi connectivity index (χ2v) is 8.17. The molecule has 1 amide bonds. The summed E-state index contributed by atoms with van der Waals surface area (Å²) in [5, 5.41) is 18.1. The minimum absolute atomic E-state index is 0.000900. The maximum atomic E-state index is 12.8. The van der Waals surface area contributed by atoms with Gasteiger partial charge in [0.15, 0.2) is 12.5 Å². The molecule has 3 rings (SSSR count). The fourth-order valence-corrected chi connectivity index (χ4v) is 3.03. The number of amides is 1. The fraction of sp³-hybridized carbons (Fsp3) is 0.238. The fourth-order valence-electron chi connectivity index (χ4n) is 2.76. The molecule has 3 heterocycles. The Balaban J connectivity index is 1.71. The van der Waals surface area contributed by atoms with E-state index in [0.717, 1.165) is 0 Å². The SMILES string of the molecule is CCOCCN/C=C(/NC(=O)c1ccc(-c2cnn(COP(=O)(O)O)c2)o1)C(=N)c1ccccn1. The van der Waals surface area contributed by atoms with Gasteiger partial charge >= 0.3 is 7.82 Å². The van der Waals surface area contributed by atoms with Crippen LogP contribution < -0.4 is 10.6 Å². The Morgan fingerprint density at radius 3 is 2.86 bits per heavy atom. The van der Waals surface area contributed by atoms with Gasteiger partial charge in [-0.2, -0.15) is 5.10 Å². The highest BCUT2D eigenvalue weighted by atomic mass is 31.2. The number of phosphoric ester groups is 1. The van der Waals surface area contributed by atoms with E-state index >= 15 is 0 Å². The Morgan fingerprint density at radius 1 is 1.31 bits per heavy atom. The van der Waals surface area contributed by atoms with Crippen molar-refractivity contribution in [2.75, 3.05) is 19.8 Å². The zero-order valence-electron chi connectivity index (χ0n) is 18.7. The van der Waals surface area contributed by atoms with Crippen LogP contribution in [0.5, 0.6) is 0 Å². The molecule has 0 bridgehead atoms. The summed E-state index contributed by atoms with van der Waals surface area (Å²) in [6, 6.07) is 8.13. The van der Waals surface area contributed by atoms with Crippen molar-refractivity contribution in [3.05, 3.63) is 72.3 Å². The maximum absolute atomic E-state index is 12.8. The lowest BCUT2D eigenvalue weighted by molar-refractivity contribution is 0.0941. The zero-order chi connectivity index (χ0) is 25.3. The first-order valence-electron chi connectivity index (χ1n) is 10.4. The molecule has 35 heavy (non-hydrogen) atoms. The Morgan fingerprint density at radius 2 is 2.14 bits per heavy atom. The molecule has 0 radical (unpaired) electrons. The van der Waals surface area contributed by atoms with Gasteiger partial charge in [-0.3, -0.25) is 19.7 Å². The standard InChI is InChI=1S/C21H25N6O7P/c1-2-32-10-9-23-12-17(20(22)16-5-3-4-8-24-16)26-21(28)19-7-6-18(34-19)15-11-25-27(13-15)14-33-35(29,30)31/h3-8,11-13,22-23H,2,9-10,14H2,1H3,(H,26,28)(H2,29,30,31)/b17-12+,22-20?. The second-order valence-electron chi connectivity index (χ2n) is 6.93. The zero-order valence-corrected chi connectivity index (χ0v) is 19.6. The average Bonchev–Trinajstić information content (AvgIpc) is 3.51. The Hall–Kier alpha value is -3.61. The molecule has 0 fully saturated rings. The second kappa shape index (κ2) is 12.2. The van der Waals surface area contributed by atoms with Gasteiger partial charge in [-0.05, 0) is 31.2 Å². The number of allylic oxidation sites excluding steroid dienone is 1. The van der Waals surface area contributed by atoms with E-state index < -0.39 is 20.5 Å². The predicted molar refractivity (Wildman–Crippen MR) is 124 cm³/mol. The number of pyridine rings is 1. The van der Waals surface area contributed by atoms with Gasteiger partial charge in [0.1, 0.15) is 11.5 Å². The van der Waals surface area contributed by atoms with E-state index in [1.807, 2.05) is 6.92 Å². The van der Waals surface area contributed by atoms with Crippen molar-refractivity contribution in [2.45, 2.75) is 13.7 Å². The molecular weight excluding hydrogens is 479 g/mol. The monoisotopic (exact) mass is 504 g/mol. The van der Waals surface area contributed by atoms with Gasteiger partial charge < -0.3 is 29.6 Å². The average molecular weight is 504 g/mol. The number of phosphoric acid groups is 1. The van der Waals surface area contributed by atoms with E-state index in [9.17, 15) is 9.36 Å². The van der Waals surface area contributed by atoms with E-state index in [4.69, 9.17) is 24.4 Å². The van der Waals surface area contributed by atoms with Crippen LogP contribution in [0.25, 0.3) is 11.3 Å². The Kier molecular flexibility index (Phi) is 9.06. The molecule has 5 N–H and O–H groups in total. The quantitative estimate of drug-likeness (QED) is 0.131. The van der Waals surface area contributed by atoms with E-state index in [1.54, 1.807) is 30.5 Å². The summed E-state index contributed by atoms with van der Waals surface area (Å²) in [6.07, 6.45) is 5.90. The van der Waals surface area contributed by atoms with Crippen LogP contribution in [0.2, 0.25) is 0 Å². The van der Waals surface area contributed by atoms with Gasteiger partial charge in [0, 0.05) is 31.7 Å². The van der Waals surface area contributed by atoms with Crippen molar-refractivity contribution in [3.8, 4) is 11.3 Å². The molecule has 186 valence electrons. The smallest absolute Gasteiger partial charge is 0.451 e. The number of hydrogen-bond acceptors (Lipinski definition) is 9. The molecule has 0 saturated carbocycles. The predicted octanol–water partition coefficient (Wildman–Crippen LogP) is 1.87. The molecule has 0 saturated heterocycles. The largest absolute Gasteiger partial charge is 0.471 e. The molecule has 0 aliphatic carbocycles. The van der Waals surface area contributed by atoms with Crippen LogP contribution in [-0.4, -0.2) is 55.9 Å². The molecule has 14 heteroatoms. The number of carbonyl (C=O) groups is 1. The highest BCUT2D eigenvalue weighted by Gasteiger charge is 2.18. The van der Waals surface area contributed by atoms with Crippen molar-refractivity contribution in [2.24, 2.45) is 0 Å². The minimum Gasteiger partial charge on any atom is -0.451 e. The number of nitrogens with one attached hydrogen (secondary N) is 3. The van der Waals surface area contributed by atoms with Crippen molar-refractivity contribution < 1.29 is 32.8 Å². The van der Waals surface area contributed by atoms with Gasteiger partial charge in [-0.15, -0.1) is 0 Å². The number of ether oxygens (including phenoxy) is 1. The first kappa shape index (κ1) is 26.0. The van der Waals surface area contributed by atoms with Crippen molar-refractivity contribution in [3.63, 3.8) is 0 Å². The molecule has 0 aromatic carbocycles. The molecular formula is C21H25N6O7P. The number of furan rings is 1. The van der Waals surface area contributed by atoms with Crippen molar-refractivity contribution in [1.29, 1.82) is 5.41 Å². The van der Waals surface area contributed by atoms with Crippen LogP contribution in [0.4, 0.5) is 0 Å². The summed E-state index contributed by atoms with van der Waals surface area (Å²) in [6.45, 7) is 2.94. The van der Waals surface area contributed by atoms with Gasteiger partial charge in [0.25, 0.3) is 5.91 Å². The first-order chi connectivity index (χ1) is 16.8. The van der Waals surface area contributed by atoms with Crippen molar-refractivity contribution >= 4 is 19.4 Å². The lowest BCUT2D eigenvalue weighted by Gasteiger charge is -2.11. The van der Waals surface area contributed by atoms with Crippen LogP contribution in [0, 0.1) is 5.41 Å². The molecule has 3 aromatic rings. The third kappa shape index (κ3) is 7.98. The van der Waals surface area contributed by atoms with Gasteiger partial charge in [-0.25, -0.2) is 9.25 Å². The van der Waals surface area contributed by atoms with E-state index in [2.05, 4.69) is 25.2 Å². The lowest BCUT2D eigenvalue weighted by Crippen LogP contribution is -2.30. The summed E-state index contributed by atoms with van der Waals surface area (Å²) in [5.74, 6) is -0.307. The third-order valence-electron chi connectivity index (χ3n) is 4.39. The van der Waals surface area contributed by atoms with Crippen LogP contribution in [0.1, 0.15) is 23.2 Å². The number of nitrogens with zero attached hydrogens (tertiary/aromatic N) is 3. The summed E-state index contributed by atoms with van der Waals surface area (Å²) in [4.78, 5) is 34.6. The number of hydrogen-bond donors (Lipinski definition) is 5. The Labute approximate surface area is 200 Å². The van der Waals surface area contributed by atoms with Crippen LogP contribution in [0.3, 0.4) is 0 Å². The molecule has 0 spiro atoms. The lowest BCUT2D eigenvalue weighted by atomic mass is 10.2. The van der Waals surface area contributed by atoms with Gasteiger partial charge in [0.2, 0.25) is 0 Å².